The first-order valence-electron chi connectivity index (χ1n) is 40.9. The molecule has 98 heavy (non-hydrogen) atoms. The van der Waals surface area contributed by atoms with Crippen molar-refractivity contribution in [1.29, 1.82) is 0 Å². The van der Waals surface area contributed by atoms with Gasteiger partial charge in [-0.3, -0.25) is 4.79 Å². The molecular formula is C79H151NO18. The summed E-state index contributed by atoms with van der Waals surface area (Å²) in [5.74, 6) is -0.266. The molecule has 17 atom stereocenters. The molecule has 0 aromatic rings. The first kappa shape index (κ1) is 90.7. The highest BCUT2D eigenvalue weighted by molar-refractivity contribution is 5.76. The van der Waals surface area contributed by atoms with Gasteiger partial charge < -0.3 is 89.9 Å². The van der Waals surface area contributed by atoms with Crippen LogP contribution in [0.2, 0.25) is 0 Å². The van der Waals surface area contributed by atoms with Crippen molar-refractivity contribution in [3.63, 3.8) is 0 Å². The van der Waals surface area contributed by atoms with Crippen LogP contribution in [0.25, 0.3) is 0 Å². The zero-order valence-corrected chi connectivity index (χ0v) is 62.1. The number of unbranched alkanes of at least 4 members (excludes halogenated alkanes) is 50. The van der Waals surface area contributed by atoms with E-state index in [-0.39, 0.29) is 18.9 Å². The summed E-state index contributed by atoms with van der Waals surface area (Å²) in [6.07, 6.45) is 44.9. The number of hydrogen-bond acceptors (Lipinski definition) is 18. The number of aliphatic hydroxyl groups is 11. The van der Waals surface area contributed by atoms with Crippen molar-refractivity contribution < 1.29 is 89.4 Å². The molecule has 0 aromatic heterocycles. The van der Waals surface area contributed by atoms with Gasteiger partial charge in [-0.05, 0) is 19.3 Å². The number of allylic oxidation sites excluding steroid dienone is 1. The molecule has 19 nitrogen and oxygen atoms in total. The fourth-order valence-electron chi connectivity index (χ4n) is 14.3. The topological polar surface area (TPSA) is 307 Å². The molecule has 12 N–H and O–H groups in total. The number of hydrogen-bond donors (Lipinski definition) is 12. The SMILES string of the molecule is CCCCCCCCCCCCCCCCCCCCCCCC/C=C/C(O)C(COC1OC(CO)C(OC2OC(CO)C(OC3OC(CO)C(O)C(O)C3O)C(O)C2O)C(O)C1O)NC(=O)CCCCCCCCCCCCCCCCCCCCCCCCCCCCCCC. The third-order valence-corrected chi connectivity index (χ3v) is 20.8. The van der Waals surface area contributed by atoms with Crippen LogP contribution >= 0.6 is 0 Å². The van der Waals surface area contributed by atoms with E-state index in [0.717, 1.165) is 44.9 Å². The molecule has 3 heterocycles. The number of aliphatic hydroxyl groups excluding tert-OH is 11. The standard InChI is InChI=1S/C79H151NO18/c1-3-5-7-9-11-13-15-17-19-21-23-25-27-29-30-31-32-33-35-37-39-41-43-45-47-49-51-53-55-57-67(85)80-62(63(84)56-54-52-50-48-46-44-42-40-38-36-34-28-26-24-22-20-18-16-14-12-10-8-6-4-2)61-93-77-73(91)70(88)75(65(59-82)95-77)98-79-74(92)71(89)76(66(60-83)96-79)97-78-72(90)69(87)68(86)64(58-81)94-78/h54,56,62-66,68-79,81-84,86-92H,3-53,55,57-61H2,1-2H3,(H,80,85)/b56-54+. The molecule has 19 heteroatoms. The maximum absolute atomic E-state index is 13.5. The van der Waals surface area contributed by atoms with E-state index < -0.39 is 124 Å². The highest BCUT2D eigenvalue weighted by atomic mass is 16.8. The zero-order chi connectivity index (χ0) is 71.1. The van der Waals surface area contributed by atoms with Crippen molar-refractivity contribution in [2.24, 2.45) is 0 Å². The van der Waals surface area contributed by atoms with Crippen LogP contribution in [0.5, 0.6) is 0 Å². The normalized spacial score (nSPS) is 26.7. The number of ether oxygens (including phenoxy) is 6. The molecule has 0 aliphatic carbocycles. The summed E-state index contributed by atoms with van der Waals surface area (Å²) in [6, 6.07) is -0.970. The quantitative estimate of drug-likeness (QED) is 0.0199. The van der Waals surface area contributed by atoms with Crippen LogP contribution in [0, 0.1) is 0 Å². The summed E-state index contributed by atoms with van der Waals surface area (Å²) in [5.41, 5.74) is 0. The van der Waals surface area contributed by atoms with Crippen LogP contribution in [0.3, 0.4) is 0 Å². The maximum atomic E-state index is 13.5. The smallest absolute Gasteiger partial charge is 0.220 e. The fraction of sp³-hybridized carbons (Fsp3) is 0.962. The van der Waals surface area contributed by atoms with Gasteiger partial charge in [0.05, 0.1) is 38.6 Å². The van der Waals surface area contributed by atoms with Gasteiger partial charge in [0.25, 0.3) is 0 Å². The number of carbonyl (C=O) groups is 1. The van der Waals surface area contributed by atoms with Crippen molar-refractivity contribution in [2.75, 3.05) is 26.4 Å². The zero-order valence-electron chi connectivity index (χ0n) is 62.1. The Morgan fingerprint density at radius 3 is 0.959 bits per heavy atom. The molecule has 17 unspecified atom stereocenters. The first-order valence-corrected chi connectivity index (χ1v) is 40.9. The van der Waals surface area contributed by atoms with Gasteiger partial charge in [-0.1, -0.05) is 341 Å². The van der Waals surface area contributed by atoms with Crippen LogP contribution < -0.4 is 5.32 Å². The van der Waals surface area contributed by atoms with Crippen LogP contribution in [0.15, 0.2) is 12.2 Å². The van der Waals surface area contributed by atoms with Gasteiger partial charge in [0.2, 0.25) is 5.91 Å². The average molecular weight is 1400 g/mol. The number of rotatable bonds is 66. The van der Waals surface area contributed by atoms with Gasteiger partial charge in [-0.2, -0.15) is 0 Å². The second-order valence-corrected chi connectivity index (χ2v) is 29.6. The Morgan fingerprint density at radius 1 is 0.357 bits per heavy atom. The molecule has 3 aliphatic rings. The summed E-state index contributed by atoms with van der Waals surface area (Å²) < 4.78 is 34.5. The van der Waals surface area contributed by atoms with Crippen molar-refractivity contribution in [1.82, 2.24) is 5.32 Å². The van der Waals surface area contributed by atoms with Crippen LogP contribution in [0.4, 0.5) is 0 Å². The fourth-order valence-corrected chi connectivity index (χ4v) is 14.3. The minimum absolute atomic E-state index is 0.250. The van der Waals surface area contributed by atoms with E-state index in [9.17, 15) is 61.0 Å². The van der Waals surface area contributed by atoms with Crippen molar-refractivity contribution in [3.05, 3.63) is 12.2 Å². The lowest BCUT2D eigenvalue weighted by Crippen LogP contribution is -2.66. The summed E-state index contributed by atoms with van der Waals surface area (Å²) in [5, 5.41) is 121. The van der Waals surface area contributed by atoms with E-state index >= 15 is 0 Å². The van der Waals surface area contributed by atoms with Crippen molar-refractivity contribution >= 4 is 5.91 Å². The minimum atomic E-state index is -1.98. The Balaban J connectivity index is 1.37. The molecule has 3 saturated heterocycles. The maximum Gasteiger partial charge on any atom is 0.220 e. The van der Waals surface area contributed by atoms with E-state index in [1.807, 2.05) is 6.08 Å². The molecular weight excluding hydrogens is 1250 g/mol. The van der Waals surface area contributed by atoms with Gasteiger partial charge in [0.15, 0.2) is 18.9 Å². The van der Waals surface area contributed by atoms with Gasteiger partial charge in [0, 0.05) is 6.42 Å². The monoisotopic (exact) mass is 1400 g/mol. The van der Waals surface area contributed by atoms with Gasteiger partial charge in [-0.25, -0.2) is 0 Å². The Hall–Kier alpha value is -1.47. The second kappa shape index (κ2) is 60.8. The molecule has 0 saturated carbocycles. The number of amides is 1. The highest BCUT2D eigenvalue weighted by Gasteiger charge is 2.54. The Bertz CT molecular complexity index is 1820. The van der Waals surface area contributed by atoms with Gasteiger partial charge in [0.1, 0.15) is 73.2 Å². The van der Waals surface area contributed by atoms with E-state index in [4.69, 9.17) is 28.4 Å². The third-order valence-electron chi connectivity index (χ3n) is 20.8. The largest absolute Gasteiger partial charge is 0.394 e. The molecule has 0 bridgehead atoms. The van der Waals surface area contributed by atoms with Gasteiger partial charge >= 0.3 is 0 Å². The highest BCUT2D eigenvalue weighted by Crippen LogP contribution is 2.33. The lowest BCUT2D eigenvalue weighted by atomic mass is 9.96. The summed E-state index contributed by atoms with van der Waals surface area (Å²) >= 11 is 0. The molecule has 0 spiro atoms. The lowest BCUT2D eigenvalue weighted by Gasteiger charge is -2.48. The van der Waals surface area contributed by atoms with Crippen molar-refractivity contribution in [2.45, 2.75) is 458 Å². The number of carbonyl (C=O) groups excluding carboxylic acids is 1. The Morgan fingerprint density at radius 2 is 0.633 bits per heavy atom. The minimum Gasteiger partial charge on any atom is -0.394 e. The molecule has 3 rings (SSSR count). The molecule has 3 fully saturated rings. The molecule has 1 amide bonds. The van der Waals surface area contributed by atoms with E-state index in [1.54, 1.807) is 6.08 Å². The van der Waals surface area contributed by atoms with Crippen LogP contribution in [-0.4, -0.2) is 193 Å². The van der Waals surface area contributed by atoms with E-state index in [2.05, 4.69) is 19.2 Å². The molecule has 0 radical (unpaired) electrons. The van der Waals surface area contributed by atoms with Crippen molar-refractivity contribution in [3.8, 4) is 0 Å². The van der Waals surface area contributed by atoms with E-state index in [1.165, 1.54) is 283 Å². The van der Waals surface area contributed by atoms with E-state index in [0.29, 0.717) is 6.42 Å². The second-order valence-electron chi connectivity index (χ2n) is 29.6. The molecule has 0 aromatic carbocycles. The average Bonchev–Trinajstić information content (AvgIpc) is 0.784. The summed E-state index contributed by atoms with van der Waals surface area (Å²) in [4.78, 5) is 13.5. The van der Waals surface area contributed by atoms with Crippen LogP contribution in [0.1, 0.15) is 354 Å². The third kappa shape index (κ3) is 40.7. The lowest BCUT2D eigenvalue weighted by molar-refractivity contribution is -0.379. The predicted octanol–water partition coefficient (Wildman–Crippen LogP) is 13.6. The molecule has 580 valence electrons. The Kier molecular flexibility index (Phi) is 56.3. The van der Waals surface area contributed by atoms with Crippen LogP contribution in [-0.2, 0) is 33.2 Å². The Labute approximate surface area is 595 Å². The predicted molar refractivity (Wildman–Crippen MR) is 388 cm³/mol. The molecule has 3 aliphatic heterocycles. The number of nitrogens with one attached hydrogen (secondary N) is 1. The van der Waals surface area contributed by atoms with Gasteiger partial charge in [-0.15, -0.1) is 0 Å². The summed E-state index contributed by atoms with van der Waals surface area (Å²) in [6.45, 7) is 1.81. The summed E-state index contributed by atoms with van der Waals surface area (Å²) in [7, 11) is 0. The first-order chi connectivity index (χ1) is 47.8.